The van der Waals surface area contributed by atoms with Crippen molar-refractivity contribution < 1.29 is 14.3 Å². The molecule has 22 heavy (non-hydrogen) atoms. The van der Waals surface area contributed by atoms with E-state index in [9.17, 15) is 9.59 Å². The number of hydrogen-bond donors (Lipinski definition) is 1. The highest BCUT2D eigenvalue weighted by atomic mass is 16.5. The number of likely N-dealkylation sites (tertiary alicyclic amines) is 1. The van der Waals surface area contributed by atoms with E-state index in [-0.39, 0.29) is 24.1 Å². The van der Waals surface area contributed by atoms with Gasteiger partial charge in [-0.15, -0.1) is 0 Å². The van der Waals surface area contributed by atoms with Gasteiger partial charge in [0, 0.05) is 32.7 Å². The number of fused-ring (bicyclic) bond motifs is 2. The Kier molecular flexibility index (Phi) is 4.02. The summed E-state index contributed by atoms with van der Waals surface area (Å²) in [5, 5.41) is 2.80. The van der Waals surface area contributed by atoms with Gasteiger partial charge < -0.3 is 19.9 Å². The third kappa shape index (κ3) is 2.92. The highest BCUT2D eigenvalue weighted by molar-refractivity contribution is 5.94. The lowest BCUT2D eigenvalue weighted by molar-refractivity contribution is 0.0259. The van der Waals surface area contributed by atoms with Crippen LogP contribution in [0.4, 0.5) is 4.79 Å². The van der Waals surface area contributed by atoms with Crippen molar-refractivity contribution in [3.63, 3.8) is 0 Å². The molecule has 6 heteroatoms. The topological polar surface area (TPSA) is 61.9 Å². The molecule has 2 fully saturated rings. The van der Waals surface area contributed by atoms with Crippen LogP contribution >= 0.6 is 0 Å². The van der Waals surface area contributed by atoms with Crippen LogP contribution in [0, 0.1) is 0 Å². The van der Waals surface area contributed by atoms with Crippen LogP contribution in [0.15, 0.2) is 24.3 Å². The summed E-state index contributed by atoms with van der Waals surface area (Å²) in [5.41, 5.74) is 1.66. The number of carbonyl (C=O) groups excluding carboxylic acids is 2. The molecule has 118 valence electrons. The summed E-state index contributed by atoms with van der Waals surface area (Å²) in [6.45, 7) is 1.81. The number of nitrogens with zero attached hydrogens (tertiary/aromatic N) is 2. The van der Waals surface area contributed by atoms with Crippen LogP contribution in [0.2, 0.25) is 0 Å². The van der Waals surface area contributed by atoms with E-state index in [2.05, 4.69) is 5.32 Å². The molecule has 0 radical (unpaired) electrons. The van der Waals surface area contributed by atoms with E-state index < -0.39 is 0 Å². The lowest BCUT2D eigenvalue weighted by Gasteiger charge is -2.27. The largest absolute Gasteiger partial charge is 0.374 e. The molecule has 0 saturated carbocycles. The summed E-state index contributed by atoms with van der Waals surface area (Å²) in [5.74, 6) is 0.0691. The Morgan fingerprint density at radius 1 is 1.32 bits per heavy atom. The van der Waals surface area contributed by atoms with Gasteiger partial charge in [0.15, 0.2) is 0 Å². The Hall–Kier alpha value is -2.08. The van der Waals surface area contributed by atoms with Gasteiger partial charge in [0.05, 0.1) is 18.8 Å². The van der Waals surface area contributed by atoms with Gasteiger partial charge in [-0.05, 0) is 24.1 Å². The number of amides is 3. The van der Waals surface area contributed by atoms with Crippen LogP contribution in [-0.2, 0) is 11.3 Å². The summed E-state index contributed by atoms with van der Waals surface area (Å²) < 4.78 is 5.52. The summed E-state index contributed by atoms with van der Waals surface area (Å²) >= 11 is 0. The van der Waals surface area contributed by atoms with Crippen LogP contribution in [0.3, 0.4) is 0 Å². The Morgan fingerprint density at radius 2 is 2.05 bits per heavy atom. The van der Waals surface area contributed by atoms with Crippen molar-refractivity contribution in [2.45, 2.75) is 25.1 Å². The van der Waals surface area contributed by atoms with Gasteiger partial charge in [-0.1, -0.05) is 12.1 Å². The van der Waals surface area contributed by atoms with E-state index in [1.807, 2.05) is 29.2 Å². The third-order valence-corrected chi connectivity index (χ3v) is 4.21. The Labute approximate surface area is 130 Å². The van der Waals surface area contributed by atoms with E-state index >= 15 is 0 Å². The summed E-state index contributed by atoms with van der Waals surface area (Å²) in [7, 11) is 3.40. The van der Waals surface area contributed by atoms with Crippen molar-refractivity contribution in [1.29, 1.82) is 0 Å². The molecule has 0 aromatic heterocycles. The number of rotatable bonds is 3. The highest BCUT2D eigenvalue weighted by Gasteiger charge is 2.41. The van der Waals surface area contributed by atoms with Crippen LogP contribution in [0.1, 0.15) is 22.3 Å². The Balaban J connectivity index is 1.59. The first kappa shape index (κ1) is 14.8. The monoisotopic (exact) mass is 303 g/mol. The number of carbonyl (C=O) groups is 2. The lowest BCUT2D eigenvalue weighted by Crippen LogP contribution is -2.41. The molecule has 3 amide bonds. The minimum atomic E-state index is -0.131. The average molecular weight is 303 g/mol. The number of hydrogen-bond acceptors (Lipinski definition) is 3. The van der Waals surface area contributed by atoms with Crippen molar-refractivity contribution in [3.8, 4) is 0 Å². The summed E-state index contributed by atoms with van der Waals surface area (Å²) in [4.78, 5) is 27.4. The van der Waals surface area contributed by atoms with Gasteiger partial charge >= 0.3 is 6.03 Å². The van der Waals surface area contributed by atoms with E-state index in [4.69, 9.17) is 4.74 Å². The van der Waals surface area contributed by atoms with Crippen LogP contribution in [-0.4, -0.2) is 61.1 Å². The quantitative estimate of drug-likeness (QED) is 0.908. The van der Waals surface area contributed by atoms with Crippen molar-refractivity contribution in [1.82, 2.24) is 15.1 Å². The van der Waals surface area contributed by atoms with Crippen molar-refractivity contribution >= 4 is 11.9 Å². The molecule has 2 unspecified atom stereocenters. The van der Waals surface area contributed by atoms with Crippen LogP contribution in [0.25, 0.3) is 0 Å². The average Bonchev–Trinajstić information content (AvgIpc) is 3.15. The molecule has 3 rings (SSSR count). The Bertz CT molecular complexity index is 571. The van der Waals surface area contributed by atoms with Gasteiger partial charge in [-0.25, -0.2) is 4.79 Å². The molecule has 2 atom stereocenters. The maximum absolute atomic E-state index is 12.5. The zero-order valence-corrected chi connectivity index (χ0v) is 12.9. The standard InChI is InChI=1S/C16H21N3O3/c1-18(2)16(21)17-8-11-3-5-12(6-4-11)15(20)19-9-14-7-13(19)10-22-14/h3-6,13-14H,7-10H2,1-2H3,(H,17,21). The summed E-state index contributed by atoms with van der Waals surface area (Å²) in [6, 6.07) is 7.52. The van der Waals surface area contributed by atoms with E-state index in [1.165, 1.54) is 4.90 Å². The van der Waals surface area contributed by atoms with Crippen molar-refractivity contribution in [3.05, 3.63) is 35.4 Å². The smallest absolute Gasteiger partial charge is 0.317 e. The molecular weight excluding hydrogens is 282 g/mol. The molecule has 6 nitrogen and oxygen atoms in total. The summed E-state index contributed by atoms with van der Waals surface area (Å²) in [6.07, 6.45) is 1.18. The molecule has 2 heterocycles. The molecule has 2 aliphatic rings. The number of urea groups is 1. The maximum Gasteiger partial charge on any atom is 0.317 e. The van der Waals surface area contributed by atoms with Gasteiger partial charge in [0.1, 0.15) is 0 Å². The SMILES string of the molecule is CN(C)C(=O)NCc1ccc(C(=O)N2CC3CC2CO3)cc1. The van der Waals surface area contributed by atoms with Crippen molar-refractivity contribution in [2.75, 3.05) is 27.2 Å². The molecule has 2 aliphatic heterocycles. The first-order valence-corrected chi connectivity index (χ1v) is 7.51. The second-order valence-corrected chi connectivity index (χ2v) is 6.05. The predicted octanol–water partition coefficient (Wildman–Crippen LogP) is 1.07. The minimum Gasteiger partial charge on any atom is -0.374 e. The molecule has 1 N–H and O–H groups in total. The fourth-order valence-corrected chi connectivity index (χ4v) is 2.92. The van der Waals surface area contributed by atoms with E-state index in [0.717, 1.165) is 12.0 Å². The predicted molar refractivity (Wildman–Crippen MR) is 81.5 cm³/mol. The second kappa shape index (κ2) is 5.96. The zero-order chi connectivity index (χ0) is 15.7. The van der Waals surface area contributed by atoms with Crippen LogP contribution < -0.4 is 5.32 Å². The fourth-order valence-electron chi connectivity index (χ4n) is 2.92. The van der Waals surface area contributed by atoms with Gasteiger partial charge in [0.2, 0.25) is 0 Å². The number of morpholine rings is 1. The van der Waals surface area contributed by atoms with Gasteiger partial charge in [-0.2, -0.15) is 0 Å². The number of nitrogens with one attached hydrogen (secondary N) is 1. The maximum atomic E-state index is 12.5. The Morgan fingerprint density at radius 3 is 2.59 bits per heavy atom. The fraction of sp³-hybridized carbons (Fsp3) is 0.500. The van der Waals surface area contributed by atoms with E-state index in [0.29, 0.717) is 25.3 Å². The molecule has 1 aromatic rings. The zero-order valence-electron chi connectivity index (χ0n) is 12.9. The molecule has 0 spiro atoms. The minimum absolute atomic E-state index is 0.0691. The molecule has 2 bridgehead atoms. The number of benzene rings is 1. The third-order valence-electron chi connectivity index (χ3n) is 4.21. The molecule has 2 saturated heterocycles. The highest BCUT2D eigenvalue weighted by Crippen LogP contribution is 2.29. The second-order valence-electron chi connectivity index (χ2n) is 6.05. The lowest BCUT2D eigenvalue weighted by atomic mass is 10.1. The van der Waals surface area contributed by atoms with Gasteiger partial charge in [0.25, 0.3) is 5.91 Å². The molecule has 1 aromatic carbocycles. The molecular formula is C16H21N3O3. The van der Waals surface area contributed by atoms with Gasteiger partial charge in [-0.3, -0.25) is 4.79 Å². The van der Waals surface area contributed by atoms with Crippen LogP contribution in [0.5, 0.6) is 0 Å². The first-order chi connectivity index (χ1) is 10.5. The van der Waals surface area contributed by atoms with Crippen molar-refractivity contribution in [2.24, 2.45) is 0 Å². The number of ether oxygens (including phenoxy) is 1. The first-order valence-electron chi connectivity index (χ1n) is 7.51. The van der Waals surface area contributed by atoms with E-state index in [1.54, 1.807) is 14.1 Å². The normalized spacial score (nSPS) is 22.7. The molecule has 0 aliphatic carbocycles.